The maximum Gasteiger partial charge on any atom is 0.329 e. The fourth-order valence-electron chi connectivity index (χ4n) is 4.16. The van der Waals surface area contributed by atoms with Crippen LogP contribution in [0.5, 0.6) is 0 Å². The smallest absolute Gasteiger partial charge is 0.310 e. The van der Waals surface area contributed by atoms with E-state index < -0.39 is 0 Å². The minimum atomic E-state index is -0.157. The molecule has 5 nitrogen and oxygen atoms in total. The highest BCUT2D eigenvalue weighted by Crippen LogP contribution is 2.27. The average molecular weight is 383 g/mol. The number of aromatic nitrogens is 2. The van der Waals surface area contributed by atoms with Gasteiger partial charge in [-0.05, 0) is 35.7 Å². The maximum absolute atomic E-state index is 13.2. The average Bonchev–Trinajstić information content (AvgIpc) is 3.30. The van der Waals surface area contributed by atoms with Crippen LogP contribution >= 0.6 is 0 Å². The molecule has 1 amide bonds. The summed E-state index contributed by atoms with van der Waals surface area (Å²) in [4.78, 5) is 28.1. The third-order valence-electron chi connectivity index (χ3n) is 5.59. The van der Waals surface area contributed by atoms with Gasteiger partial charge in [-0.3, -0.25) is 13.9 Å². The summed E-state index contributed by atoms with van der Waals surface area (Å²) < 4.78 is 3.34. The monoisotopic (exact) mass is 383 g/mol. The summed E-state index contributed by atoms with van der Waals surface area (Å²) in [5.74, 6) is -0.0559. The second-order valence-electron chi connectivity index (χ2n) is 7.35. The highest BCUT2D eigenvalue weighted by molar-refractivity contribution is 5.96. The lowest BCUT2D eigenvalue weighted by atomic mass is 10.2. The van der Waals surface area contributed by atoms with Gasteiger partial charge in [0.1, 0.15) is 6.54 Å². The number of fused-ring (bicyclic) bond motifs is 2. The Bertz CT molecular complexity index is 1250. The predicted molar refractivity (Wildman–Crippen MR) is 114 cm³/mol. The summed E-state index contributed by atoms with van der Waals surface area (Å²) in [5.41, 5.74) is 4.66. The summed E-state index contributed by atoms with van der Waals surface area (Å²) in [6.07, 6.45) is 0.854. The van der Waals surface area contributed by atoms with Gasteiger partial charge < -0.3 is 4.90 Å². The van der Waals surface area contributed by atoms with Crippen LogP contribution in [0.25, 0.3) is 11.0 Å². The van der Waals surface area contributed by atoms with E-state index in [4.69, 9.17) is 0 Å². The molecule has 0 atom stereocenters. The van der Waals surface area contributed by atoms with Crippen molar-refractivity contribution in [2.45, 2.75) is 19.5 Å². The van der Waals surface area contributed by atoms with Gasteiger partial charge in [-0.1, -0.05) is 60.7 Å². The first-order chi connectivity index (χ1) is 14.2. The van der Waals surface area contributed by atoms with Gasteiger partial charge in [-0.25, -0.2) is 4.79 Å². The molecule has 0 aliphatic carbocycles. The van der Waals surface area contributed by atoms with E-state index in [0.717, 1.165) is 28.7 Å². The molecular weight excluding hydrogens is 362 g/mol. The highest BCUT2D eigenvalue weighted by atomic mass is 16.2. The van der Waals surface area contributed by atoms with Crippen LogP contribution in [0.2, 0.25) is 0 Å². The van der Waals surface area contributed by atoms with Crippen LogP contribution in [0.3, 0.4) is 0 Å². The first-order valence-electron chi connectivity index (χ1n) is 9.82. The number of benzene rings is 3. The second-order valence-corrected chi connectivity index (χ2v) is 7.35. The van der Waals surface area contributed by atoms with E-state index >= 15 is 0 Å². The quantitative estimate of drug-likeness (QED) is 0.542. The van der Waals surface area contributed by atoms with Crippen molar-refractivity contribution in [2.24, 2.45) is 0 Å². The summed E-state index contributed by atoms with van der Waals surface area (Å²) >= 11 is 0. The molecule has 5 rings (SSSR count). The van der Waals surface area contributed by atoms with Crippen LogP contribution in [-0.4, -0.2) is 21.6 Å². The molecule has 2 heterocycles. The van der Waals surface area contributed by atoms with E-state index in [1.165, 1.54) is 5.56 Å². The van der Waals surface area contributed by atoms with Gasteiger partial charge in [-0.2, -0.15) is 0 Å². The summed E-state index contributed by atoms with van der Waals surface area (Å²) in [6.45, 7) is 1.18. The fraction of sp³-hybridized carbons (Fsp3) is 0.167. The zero-order valence-electron chi connectivity index (χ0n) is 16.0. The van der Waals surface area contributed by atoms with Crippen molar-refractivity contribution < 1.29 is 4.79 Å². The molecular formula is C24H21N3O2. The lowest BCUT2D eigenvalue weighted by Gasteiger charge is -2.17. The number of amides is 1. The Hall–Kier alpha value is -3.60. The van der Waals surface area contributed by atoms with Gasteiger partial charge in [0, 0.05) is 12.2 Å². The van der Waals surface area contributed by atoms with Crippen molar-refractivity contribution in [1.29, 1.82) is 0 Å². The first kappa shape index (κ1) is 17.5. The zero-order valence-corrected chi connectivity index (χ0v) is 16.0. The molecule has 4 aromatic rings. The standard InChI is InChI=1S/C24H21N3O2/c28-23(25-15-14-19-10-4-5-11-20(19)25)17-27-22-13-7-6-12-21(22)26(24(27)29)16-18-8-2-1-3-9-18/h1-13H,14-17H2. The normalized spacial score (nSPS) is 13.0. The topological polar surface area (TPSA) is 47.2 Å². The number of carbonyl (C=O) groups excluding carboxylic acids is 1. The van der Waals surface area contributed by atoms with E-state index in [9.17, 15) is 9.59 Å². The summed E-state index contributed by atoms with van der Waals surface area (Å²) in [6, 6.07) is 25.5. The minimum absolute atomic E-state index is 0.0372. The van der Waals surface area contributed by atoms with Gasteiger partial charge in [0.2, 0.25) is 5.91 Å². The third kappa shape index (κ3) is 3.05. The lowest BCUT2D eigenvalue weighted by molar-refractivity contribution is -0.119. The van der Waals surface area contributed by atoms with E-state index in [0.29, 0.717) is 13.1 Å². The van der Waals surface area contributed by atoms with Crippen molar-refractivity contribution >= 4 is 22.6 Å². The Labute approximate surface area is 168 Å². The number of carbonyl (C=O) groups is 1. The summed E-state index contributed by atoms with van der Waals surface area (Å²) in [5, 5.41) is 0. The van der Waals surface area contributed by atoms with Crippen LogP contribution in [0, 0.1) is 0 Å². The number of anilines is 1. The number of imidazole rings is 1. The Kier molecular flexibility index (Phi) is 4.28. The molecule has 0 saturated carbocycles. The maximum atomic E-state index is 13.2. The molecule has 3 aromatic carbocycles. The summed E-state index contributed by atoms with van der Waals surface area (Å²) in [7, 11) is 0. The molecule has 0 fully saturated rings. The Balaban J connectivity index is 1.52. The zero-order chi connectivity index (χ0) is 19.8. The van der Waals surface area contributed by atoms with Gasteiger partial charge in [-0.15, -0.1) is 0 Å². The lowest BCUT2D eigenvalue weighted by Crippen LogP contribution is -2.36. The van der Waals surface area contributed by atoms with Crippen molar-refractivity contribution in [3.05, 3.63) is 100 Å². The van der Waals surface area contributed by atoms with Crippen LogP contribution in [0.15, 0.2) is 83.7 Å². The van der Waals surface area contributed by atoms with E-state index in [-0.39, 0.29) is 18.1 Å². The molecule has 0 N–H and O–H groups in total. The number of para-hydroxylation sites is 3. The Morgan fingerprint density at radius 1 is 0.793 bits per heavy atom. The molecule has 0 spiro atoms. The molecule has 0 saturated heterocycles. The molecule has 0 radical (unpaired) electrons. The molecule has 1 aromatic heterocycles. The van der Waals surface area contributed by atoms with E-state index in [1.807, 2.05) is 72.8 Å². The molecule has 29 heavy (non-hydrogen) atoms. The van der Waals surface area contributed by atoms with Crippen molar-refractivity contribution in [2.75, 3.05) is 11.4 Å². The number of hydrogen-bond acceptors (Lipinski definition) is 2. The van der Waals surface area contributed by atoms with Gasteiger partial charge in [0.05, 0.1) is 17.6 Å². The SMILES string of the molecule is O=C(Cn1c(=O)n(Cc2ccccc2)c2ccccc21)N1CCc2ccccc21. The van der Waals surface area contributed by atoms with Crippen molar-refractivity contribution in [1.82, 2.24) is 9.13 Å². The minimum Gasteiger partial charge on any atom is -0.310 e. The van der Waals surface area contributed by atoms with Crippen LogP contribution in [-0.2, 0) is 24.3 Å². The number of rotatable bonds is 4. The Morgan fingerprint density at radius 2 is 1.45 bits per heavy atom. The van der Waals surface area contributed by atoms with Gasteiger partial charge in [0.25, 0.3) is 0 Å². The molecule has 1 aliphatic heterocycles. The third-order valence-corrected chi connectivity index (χ3v) is 5.59. The number of hydrogen-bond donors (Lipinski definition) is 0. The second kappa shape index (κ2) is 7.09. The van der Waals surface area contributed by atoms with E-state index in [1.54, 1.807) is 14.0 Å². The van der Waals surface area contributed by atoms with Crippen molar-refractivity contribution in [3.8, 4) is 0 Å². The molecule has 0 unspecified atom stereocenters. The number of nitrogens with zero attached hydrogens (tertiary/aromatic N) is 3. The largest absolute Gasteiger partial charge is 0.329 e. The van der Waals surface area contributed by atoms with Gasteiger partial charge >= 0.3 is 5.69 Å². The Morgan fingerprint density at radius 3 is 2.24 bits per heavy atom. The highest BCUT2D eigenvalue weighted by Gasteiger charge is 2.25. The predicted octanol–water partition coefficient (Wildman–Crippen LogP) is 3.44. The van der Waals surface area contributed by atoms with Crippen LogP contribution < -0.4 is 10.6 Å². The van der Waals surface area contributed by atoms with Crippen LogP contribution in [0.4, 0.5) is 5.69 Å². The molecule has 5 heteroatoms. The van der Waals surface area contributed by atoms with Gasteiger partial charge in [0.15, 0.2) is 0 Å². The molecule has 144 valence electrons. The molecule has 0 bridgehead atoms. The molecule has 1 aliphatic rings. The van der Waals surface area contributed by atoms with Crippen LogP contribution in [0.1, 0.15) is 11.1 Å². The fourth-order valence-corrected chi connectivity index (χ4v) is 4.16. The first-order valence-corrected chi connectivity index (χ1v) is 9.82. The van der Waals surface area contributed by atoms with Crippen molar-refractivity contribution in [3.63, 3.8) is 0 Å². The van der Waals surface area contributed by atoms with E-state index in [2.05, 4.69) is 6.07 Å².